The molecule has 0 spiro atoms. The van der Waals surface area contributed by atoms with Crippen LogP contribution < -0.4 is 5.56 Å². The van der Waals surface area contributed by atoms with Crippen LogP contribution in [-0.2, 0) is 24.2 Å². The molecule has 0 fully saturated rings. The standard InChI is InChI=1S/C28H36N6O2/c1-19(2)26(27-30-31-32-34(27)13-14-36-5)33(12-11-22-9-7-6-8-10-22)18-23-17-24-21(4)15-20(3)16-25(24)29-28(23)35/h6-10,15-17,19,26H,11-14,18H2,1-5H3,(H,29,35). The number of ether oxygens (including phenoxy) is 1. The van der Waals surface area contributed by atoms with Crippen molar-refractivity contribution in [1.29, 1.82) is 0 Å². The van der Waals surface area contributed by atoms with Crippen LogP contribution in [0.2, 0.25) is 0 Å². The first-order chi connectivity index (χ1) is 17.4. The highest BCUT2D eigenvalue weighted by Crippen LogP contribution is 2.29. The fourth-order valence-electron chi connectivity index (χ4n) is 4.93. The number of pyridine rings is 1. The monoisotopic (exact) mass is 488 g/mol. The van der Waals surface area contributed by atoms with Gasteiger partial charge in [-0.3, -0.25) is 9.69 Å². The van der Waals surface area contributed by atoms with Gasteiger partial charge in [0, 0.05) is 36.7 Å². The second-order valence-electron chi connectivity index (χ2n) is 9.81. The lowest BCUT2D eigenvalue weighted by atomic mass is 9.99. The summed E-state index contributed by atoms with van der Waals surface area (Å²) >= 11 is 0. The summed E-state index contributed by atoms with van der Waals surface area (Å²) in [6.45, 7) is 10.8. The van der Waals surface area contributed by atoms with Crippen LogP contribution in [0.5, 0.6) is 0 Å². The largest absolute Gasteiger partial charge is 0.383 e. The molecule has 36 heavy (non-hydrogen) atoms. The highest BCUT2D eigenvalue weighted by Gasteiger charge is 2.29. The summed E-state index contributed by atoms with van der Waals surface area (Å²) in [5.74, 6) is 1.01. The number of benzene rings is 2. The zero-order valence-corrected chi connectivity index (χ0v) is 21.9. The van der Waals surface area contributed by atoms with Gasteiger partial charge in [-0.1, -0.05) is 50.2 Å². The summed E-state index contributed by atoms with van der Waals surface area (Å²) in [5, 5.41) is 13.7. The average Bonchev–Trinajstić information content (AvgIpc) is 3.30. The Morgan fingerprint density at radius 1 is 1.11 bits per heavy atom. The van der Waals surface area contributed by atoms with Crippen molar-refractivity contribution >= 4 is 10.9 Å². The van der Waals surface area contributed by atoms with Crippen molar-refractivity contribution < 1.29 is 4.74 Å². The first-order valence-electron chi connectivity index (χ1n) is 12.5. The smallest absolute Gasteiger partial charge is 0.252 e. The first kappa shape index (κ1) is 25.7. The Bertz CT molecular complexity index is 1350. The molecule has 0 saturated carbocycles. The summed E-state index contributed by atoms with van der Waals surface area (Å²) in [6, 6.07) is 16.6. The van der Waals surface area contributed by atoms with E-state index in [-0.39, 0.29) is 17.5 Å². The minimum Gasteiger partial charge on any atom is -0.383 e. The van der Waals surface area contributed by atoms with Gasteiger partial charge in [0.05, 0.1) is 19.2 Å². The molecule has 2 aromatic carbocycles. The fourth-order valence-corrected chi connectivity index (χ4v) is 4.93. The van der Waals surface area contributed by atoms with Gasteiger partial charge in [-0.05, 0) is 65.4 Å². The molecule has 0 saturated heterocycles. The lowest BCUT2D eigenvalue weighted by molar-refractivity contribution is 0.130. The molecular formula is C28H36N6O2. The molecule has 1 unspecified atom stereocenters. The Kier molecular flexibility index (Phi) is 8.28. The number of fused-ring (bicyclic) bond motifs is 1. The molecule has 0 aliphatic heterocycles. The zero-order valence-electron chi connectivity index (χ0n) is 21.9. The molecule has 8 nitrogen and oxygen atoms in total. The highest BCUT2D eigenvalue weighted by atomic mass is 16.5. The third kappa shape index (κ3) is 5.88. The SMILES string of the molecule is COCCn1nnnc1C(C(C)C)N(CCc1ccccc1)Cc1cc2c(C)cc(C)cc2[nH]c1=O. The van der Waals surface area contributed by atoms with Gasteiger partial charge in [-0.25, -0.2) is 4.68 Å². The van der Waals surface area contributed by atoms with E-state index in [1.54, 1.807) is 7.11 Å². The van der Waals surface area contributed by atoms with Crippen LogP contribution in [0.1, 0.15) is 48.0 Å². The van der Waals surface area contributed by atoms with Crippen LogP contribution >= 0.6 is 0 Å². The molecule has 4 aromatic rings. The third-order valence-corrected chi connectivity index (χ3v) is 6.65. The molecule has 2 aromatic heterocycles. The van der Waals surface area contributed by atoms with E-state index >= 15 is 0 Å². The number of aromatic amines is 1. The molecular weight excluding hydrogens is 452 g/mol. The second kappa shape index (κ2) is 11.6. The quantitative estimate of drug-likeness (QED) is 0.340. The van der Waals surface area contributed by atoms with E-state index in [0.717, 1.165) is 46.4 Å². The number of nitrogens with zero attached hydrogens (tertiary/aromatic N) is 5. The van der Waals surface area contributed by atoms with Crippen LogP contribution in [-0.4, -0.2) is 50.4 Å². The van der Waals surface area contributed by atoms with Crippen LogP contribution in [0.15, 0.2) is 53.3 Å². The second-order valence-corrected chi connectivity index (χ2v) is 9.81. The molecule has 8 heteroatoms. The number of hydrogen-bond acceptors (Lipinski definition) is 6. The number of aromatic nitrogens is 5. The van der Waals surface area contributed by atoms with Crippen molar-refractivity contribution in [3.05, 3.63) is 87.0 Å². The summed E-state index contributed by atoms with van der Waals surface area (Å²) in [5.41, 5.74) is 5.10. The molecule has 0 amide bonds. The molecule has 0 aliphatic rings. The number of nitrogens with one attached hydrogen (secondary N) is 1. The molecule has 190 valence electrons. The third-order valence-electron chi connectivity index (χ3n) is 6.65. The predicted molar refractivity (Wildman–Crippen MR) is 142 cm³/mol. The molecule has 1 atom stereocenters. The maximum absolute atomic E-state index is 13.2. The van der Waals surface area contributed by atoms with Gasteiger partial charge in [0.2, 0.25) is 0 Å². The number of H-pyrrole nitrogens is 1. The van der Waals surface area contributed by atoms with Crippen molar-refractivity contribution in [1.82, 2.24) is 30.1 Å². The minimum absolute atomic E-state index is 0.0568. The minimum atomic E-state index is -0.0743. The number of methoxy groups -OCH3 is 1. The summed E-state index contributed by atoms with van der Waals surface area (Å²) in [4.78, 5) is 18.7. The van der Waals surface area contributed by atoms with Crippen molar-refractivity contribution in [2.75, 3.05) is 20.3 Å². The van der Waals surface area contributed by atoms with E-state index in [4.69, 9.17) is 4.74 Å². The number of tetrazole rings is 1. The van der Waals surface area contributed by atoms with Crippen LogP contribution in [0, 0.1) is 19.8 Å². The summed E-state index contributed by atoms with van der Waals surface area (Å²) < 4.78 is 7.09. The van der Waals surface area contributed by atoms with Crippen LogP contribution in [0.3, 0.4) is 0 Å². The van der Waals surface area contributed by atoms with Gasteiger partial charge < -0.3 is 9.72 Å². The van der Waals surface area contributed by atoms with Gasteiger partial charge >= 0.3 is 0 Å². The molecule has 4 rings (SSSR count). The number of rotatable bonds is 11. The van der Waals surface area contributed by atoms with Crippen molar-refractivity contribution in [2.45, 2.75) is 53.2 Å². The van der Waals surface area contributed by atoms with Gasteiger partial charge in [0.15, 0.2) is 5.82 Å². The fraction of sp³-hybridized carbons (Fsp3) is 0.429. The van der Waals surface area contributed by atoms with Crippen LogP contribution in [0.4, 0.5) is 0 Å². The van der Waals surface area contributed by atoms with E-state index < -0.39 is 0 Å². The maximum atomic E-state index is 13.2. The van der Waals surface area contributed by atoms with Crippen molar-refractivity contribution in [2.24, 2.45) is 5.92 Å². The van der Waals surface area contributed by atoms with E-state index in [0.29, 0.717) is 19.7 Å². The zero-order chi connectivity index (χ0) is 25.7. The predicted octanol–water partition coefficient (Wildman–Crippen LogP) is 4.22. The Morgan fingerprint density at radius 3 is 2.61 bits per heavy atom. The Balaban J connectivity index is 1.73. The van der Waals surface area contributed by atoms with E-state index in [1.807, 2.05) is 29.8 Å². The molecule has 0 aliphatic carbocycles. The van der Waals surface area contributed by atoms with E-state index in [2.05, 4.69) is 76.5 Å². The van der Waals surface area contributed by atoms with Crippen molar-refractivity contribution in [3.8, 4) is 0 Å². The normalized spacial score (nSPS) is 12.6. The Hall–Kier alpha value is -3.36. The molecule has 0 radical (unpaired) electrons. The topological polar surface area (TPSA) is 88.9 Å². The molecule has 2 heterocycles. The van der Waals surface area contributed by atoms with Gasteiger partial charge in [0.25, 0.3) is 5.56 Å². The van der Waals surface area contributed by atoms with E-state index in [1.165, 1.54) is 5.56 Å². The Labute approximate surface area is 212 Å². The van der Waals surface area contributed by atoms with Crippen LogP contribution in [0.25, 0.3) is 10.9 Å². The van der Waals surface area contributed by atoms with Gasteiger partial charge in [-0.15, -0.1) is 5.10 Å². The molecule has 0 bridgehead atoms. The number of hydrogen-bond donors (Lipinski definition) is 1. The first-order valence-corrected chi connectivity index (χ1v) is 12.5. The van der Waals surface area contributed by atoms with Gasteiger partial charge in [-0.2, -0.15) is 0 Å². The maximum Gasteiger partial charge on any atom is 0.252 e. The summed E-state index contributed by atoms with van der Waals surface area (Å²) in [6.07, 6.45) is 0.855. The lowest BCUT2D eigenvalue weighted by Crippen LogP contribution is -2.37. The van der Waals surface area contributed by atoms with E-state index in [9.17, 15) is 4.79 Å². The van der Waals surface area contributed by atoms with Gasteiger partial charge in [0.1, 0.15) is 0 Å². The van der Waals surface area contributed by atoms with Crippen molar-refractivity contribution in [3.63, 3.8) is 0 Å². The number of aryl methyl sites for hydroxylation is 2. The summed E-state index contributed by atoms with van der Waals surface area (Å²) in [7, 11) is 1.67. The highest BCUT2D eigenvalue weighted by molar-refractivity contribution is 5.83. The lowest BCUT2D eigenvalue weighted by Gasteiger charge is -2.33. The average molecular weight is 489 g/mol. The Morgan fingerprint density at radius 2 is 1.89 bits per heavy atom. The molecule has 1 N–H and O–H groups in total.